The number of anilines is 1. The monoisotopic (exact) mass is 449 g/mol. The van der Waals surface area contributed by atoms with E-state index >= 15 is 0 Å². The lowest BCUT2D eigenvalue weighted by atomic mass is 10.0. The van der Waals surface area contributed by atoms with Gasteiger partial charge in [-0.05, 0) is 55.3 Å². The SMILES string of the molecule is CC(=O)N1CCc2cc(C(=O)[C@H](C)OC(=O)c3ccc(Cl)c(S(C)(=O)=O)c3)ccc21. The number of nitrogens with zero attached hydrogens (tertiary/aromatic N) is 1. The summed E-state index contributed by atoms with van der Waals surface area (Å²) < 4.78 is 28.8. The molecule has 0 aliphatic carbocycles. The molecule has 3 rings (SSSR count). The molecular weight excluding hydrogens is 430 g/mol. The van der Waals surface area contributed by atoms with E-state index in [4.69, 9.17) is 16.3 Å². The summed E-state index contributed by atoms with van der Waals surface area (Å²) in [6.07, 6.45) is 0.540. The summed E-state index contributed by atoms with van der Waals surface area (Å²) in [5.74, 6) is -1.29. The largest absolute Gasteiger partial charge is 0.451 e. The molecule has 0 N–H and O–H groups in total. The number of amides is 1. The Morgan fingerprint density at radius 2 is 1.77 bits per heavy atom. The summed E-state index contributed by atoms with van der Waals surface area (Å²) in [6, 6.07) is 8.77. The summed E-state index contributed by atoms with van der Waals surface area (Å²) in [7, 11) is -3.63. The quantitative estimate of drug-likeness (QED) is 0.514. The Kier molecular flexibility index (Phi) is 6.01. The van der Waals surface area contributed by atoms with Crippen LogP contribution in [0.1, 0.15) is 40.1 Å². The van der Waals surface area contributed by atoms with Crippen molar-refractivity contribution in [1.29, 1.82) is 0 Å². The predicted molar refractivity (Wildman–Crippen MR) is 112 cm³/mol. The number of fused-ring (bicyclic) bond motifs is 1. The Morgan fingerprint density at radius 3 is 2.40 bits per heavy atom. The van der Waals surface area contributed by atoms with Crippen LogP contribution in [-0.4, -0.2) is 45.0 Å². The Bertz CT molecular complexity index is 1160. The number of hydrogen-bond donors (Lipinski definition) is 0. The number of ether oxygens (including phenoxy) is 1. The van der Waals surface area contributed by atoms with Crippen molar-refractivity contribution in [2.75, 3.05) is 17.7 Å². The van der Waals surface area contributed by atoms with Gasteiger partial charge in [-0.3, -0.25) is 9.59 Å². The number of Topliss-reactive ketones (excluding diaryl/α,β-unsaturated/α-hetero) is 1. The van der Waals surface area contributed by atoms with Gasteiger partial charge in [-0.25, -0.2) is 13.2 Å². The predicted octanol–water partition coefficient (Wildman–Crippen LogP) is 3.08. The first-order valence-corrected chi connectivity index (χ1v) is 11.4. The molecule has 1 atom stereocenters. The third-order valence-corrected chi connectivity index (χ3v) is 6.44. The fraction of sp³-hybridized carbons (Fsp3) is 0.286. The molecule has 0 fully saturated rings. The first kappa shape index (κ1) is 22.0. The van der Waals surface area contributed by atoms with E-state index in [1.54, 1.807) is 23.1 Å². The zero-order valence-electron chi connectivity index (χ0n) is 16.6. The Morgan fingerprint density at radius 1 is 1.10 bits per heavy atom. The average molecular weight is 450 g/mol. The van der Waals surface area contributed by atoms with Crippen molar-refractivity contribution >= 4 is 44.8 Å². The molecule has 0 radical (unpaired) electrons. The van der Waals surface area contributed by atoms with Crippen molar-refractivity contribution in [3.63, 3.8) is 0 Å². The van der Waals surface area contributed by atoms with Gasteiger partial charge >= 0.3 is 5.97 Å². The van der Waals surface area contributed by atoms with Crippen LogP contribution in [0.5, 0.6) is 0 Å². The number of rotatable bonds is 5. The summed E-state index contributed by atoms with van der Waals surface area (Å²) in [5, 5.41) is -0.00378. The molecule has 2 aromatic carbocycles. The fourth-order valence-electron chi connectivity index (χ4n) is 3.31. The van der Waals surface area contributed by atoms with E-state index in [1.165, 1.54) is 26.0 Å². The maximum Gasteiger partial charge on any atom is 0.338 e. The second kappa shape index (κ2) is 8.20. The number of sulfone groups is 1. The normalized spacial score (nSPS) is 14.2. The zero-order valence-corrected chi connectivity index (χ0v) is 18.2. The van der Waals surface area contributed by atoms with Gasteiger partial charge in [-0.15, -0.1) is 0 Å². The van der Waals surface area contributed by atoms with Crippen LogP contribution in [0.15, 0.2) is 41.3 Å². The average Bonchev–Trinajstić information content (AvgIpc) is 3.10. The molecule has 1 aliphatic heterocycles. The van der Waals surface area contributed by atoms with E-state index in [9.17, 15) is 22.8 Å². The molecule has 0 bridgehead atoms. The number of ketones is 1. The highest BCUT2D eigenvalue weighted by Crippen LogP contribution is 2.29. The molecule has 0 saturated heterocycles. The maximum atomic E-state index is 12.7. The van der Waals surface area contributed by atoms with Gasteiger partial charge < -0.3 is 9.64 Å². The second-order valence-electron chi connectivity index (χ2n) is 7.09. The zero-order chi connectivity index (χ0) is 22.2. The van der Waals surface area contributed by atoms with Crippen LogP contribution in [0.4, 0.5) is 5.69 Å². The van der Waals surface area contributed by atoms with Crippen LogP contribution >= 0.6 is 11.6 Å². The van der Waals surface area contributed by atoms with Gasteiger partial charge in [0.2, 0.25) is 11.7 Å². The van der Waals surface area contributed by atoms with Gasteiger partial charge in [0.05, 0.1) is 15.5 Å². The highest BCUT2D eigenvalue weighted by atomic mass is 35.5. The lowest BCUT2D eigenvalue weighted by Crippen LogP contribution is -2.26. The van der Waals surface area contributed by atoms with Crippen molar-refractivity contribution in [2.24, 2.45) is 0 Å². The molecule has 0 unspecified atom stereocenters. The molecule has 0 saturated carbocycles. The lowest BCUT2D eigenvalue weighted by molar-refractivity contribution is -0.116. The molecule has 158 valence electrons. The lowest BCUT2D eigenvalue weighted by Gasteiger charge is -2.16. The van der Waals surface area contributed by atoms with Gasteiger partial charge in [-0.1, -0.05) is 11.6 Å². The first-order chi connectivity index (χ1) is 14.0. The molecule has 2 aromatic rings. The Labute approximate surface area is 179 Å². The Hall–Kier alpha value is -2.71. The van der Waals surface area contributed by atoms with E-state index < -0.39 is 27.7 Å². The van der Waals surface area contributed by atoms with Crippen molar-refractivity contribution in [3.8, 4) is 0 Å². The highest BCUT2D eigenvalue weighted by molar-refractivity contribution is 7.90. The van der Waals surface area contributed by atoms with E-state index in [2.05, 4.69) is 0 Å². The number of carbonyl (C=O) groups is 3. The van der Waals surface area contributed by atoms with Crippen molar-refractivity contribution < 1.29 is 27.5 Å². The van der Waals surface area contributed by atoms with Gasteiger partial charge in [-0.2, -0.15) is 0 Å². The summed E-state index contributed by atoms with van der Waals surface area (Å²) >= 11 is 5.89. The topological polar surface area (TPSA) is 97.8 Å². The van der Waals surface area contributed by atoms with Crippen LogP contribution in [0, 0.1) is 0 Å². The number of esters is 1. The van der Waals surface area contributed by atoms with Crippen LogP contribution in [0.25, 0.3) is 0 Å². The molecule has 7 nitrogen and oxygen atoms in total. The minimum Gasteiger partial charge on any atom is -0.451 e. The number of halogens is 1. The van der Waals surface area contributed by atoms with Gasteiger partial charge in [0.1, 0.15) is 0 Å². The third kappa shape index (κ3) is 4.39. The second-order valence-corrected chi connectivity index (χ2v) is 9.48. The van der Waals surface area contributed by atoms with Crippen molar-refractivity contribution in [1.82, 2.24) is 0 Å². The molecule has 1 amide bonds. The fourth-order valence-corrected chi connectivity index (χ4v) is 4.61. The number of benzene rings is 2. The molecule has 0 aromatic heterocycles. The number of carbonyl (C=O) groups excluding carboxylic acids is 3. The molecule has 1 aliphatic rings. The van der Waals surface area contributed by atoms with E-state index in [0.29, 0.717) is 18.5 Å². The van der Waals surface area contributed by atoms with Gasteiger partial charge in [0.15, 0.2) is 15.9 Å². The van der Waals surface area contributed by atoms with Crippen molar-refractivity contribution in [3.05, 3.63) is 58.1 Å². The molecular formula is C21H20ClNO6S. The minimum absolute atomic E-state index is 0.00378. The van der Waals surface area contributed by atoms with Crippen molar-refractivity contribution in [2.45, 2.75) is 31.3 Å². The van der Waals surface area contributed by atoms with Crippen LogP contribution in [0.3, 0.4) is 0 Å². The molecule has 9 heteroatoms. The Balaban J connectivity index is 1.77. The van der Waals surface area contributed by atoms with Gasteiger partial charge in [0.25, 0.3) is 0 Å². The maximum absolute atomic E-state index is 12.7. The third-order valence-electron chi connectivity index (χ3n) is 4.86. The van der Waals surface area contributed by atoms with Gasteiger partial charge in [0, 0.05) is 31.0 Å². The standard InChI is InChI=1S/C21H20ClNO6S/c1-12(29-21(26)16-4-6-17(22)19(11-16)30(3,27)28)20(25)15-5-7-18-14(10-15)8-9-23(18)13(2)24/h4-7,10-12H,8-9H2,1-3H3/t12-/m0/s1. The molecule has 30 heavy (non-hydrogen) atoms. The number of hydrogen-bond acceptors (Lipinski definition) is 6. The first-order valence-electron chi connectivity index (χ1n) is 9.15. The molecule has 1 heterocycles. The van der Waals surface area contributed by atoms with E-state index in [-0.39, 0.29) is 21.4 Å². The highest BCUT2D eigenvalue weighted by Gasteiger charge is 2.26. The summed E-state index contributed by atoms with van der Waals surface area (Å²) in [4.78, 5) is 38.3. The van der Waals surface area contributed by atoms with Crippen LogP contribution < -0.4 is 4.90 Å². The molecule has 0 spiro atoms. The van der Waals surface area contributed by atoms with Crippen LogP contribution in [0.2, 0.25) is 5.02 Å². The van der Waals surface area contributed by atoms with E-state index in [1.807, 2.05) is 0 Å². The summed E-state index contributed by atoms with van der Waals surface area (Å²) in [5.41, 5.74) is 2.00. The van der Waals surface area contributed by atoms with Crippen LogP contribution in [-0.2, 0) is 25.8 Å². The van der Waals surface area contributed by atoms with E-state index in [0.717, 1.165) is 23.6 Å². The summed E-state index contributed by atoms with van der Waals surface area (Å²) in [6.45, 7) is 3.50. The smallest absolute Gasteiger partial charge is 0.338 e. The minimum atomic E-state index is -3.63.